The van der Waals surface area contributed by atoms with Gasteiger partial charge < -0.3 is 5.32 Å². The van der Waals surface area contributed by atoms with Gasteiger partial charge in [0.1, 0.15) is 6.04 Å². The van der Waals surface area contributed by atoms with Gasteiger partial charge in [0.25, 0.3) is 11.8 Å². The molecule has 2 aromatic heterocycles. The molecule has 1 saturated heterocycles. The molecule has 1 aliphatic carbocycles. The summed E-state index contributed by atoms with van der Waals surface area (Å²) in [4.78, 5) is 72.7. The number of piperidine rings is 1. The number of carbonyl (C=O) groups excluding carboxylic acids is 5. The van der Waals surface area contributed by atoms with Gasteiger partial charge in [-0.15, -0.1) is 0 Å². The Morgan fingerprint density at radius 2 is 1.74 bits per heavy atom. The average molecular weight is 578 g/mol. The quantitative estimate of drug-likeness (QED) is 0.303. The number of hydrogen-bond donors (Lipinski definition) is 2. The third kappa shape index (κ3) is 5.05. The fourth-order valence-electron chi connectivity index (χ4n) is 5.63. The van der Waals surface area contributed by atoms with E-state index in [0.29, 0.717) is 18.0 Å². The van der Waals surface area contributed by atoms with Crippen molar-refractivity contribution in [2.45, 2.75) is 57.2 Å². The number of fused-ring (bicyclic) bond motifs is 2. The maximum Gasteiger partial charge on any atom is 0.262 e. The van der Waals surface area contributed by atoms with E-state index in [-0.39, 0.29) is 42.8 Å². The van der Waals surface area contributed by atoms with E-state index in [1.165, 1.54) is 6.07 Å². The van der Waals surface area contributed by atoms with Crippen LogP contribution in [-0.2, 0) is 27.5 Å². The van der Waals surface area contributed by atoms with Crippen molar-refractivity contribution in [2.24, 2.45) is 0 Å². The number of hydrogen-bond acceptors (Lipinski definition) is 8. The summed E-state index contributed by atoms with van der Waals surface area (Å²) < 4.78 is 1.78. The fraction of sp³-hybridized carbons (Fsp3) is 0.290. The third-order valence-electron chi connectivity index (χ3n) is 8.04. The van der Waals surface area contributed by atoms with Crippen LogP contribution in [0.4, 0.5) is 0 Å². The van der Waals surface area contributed by atoms with Crippen molar-refractivity contribution in [2.75, 3.05) is 0 Å². The Kier molecular flexibility index (Phi) is 6.52. The molecule has 2 N–H and O–H groups in total. The van der Waals surface area contributed by atoms with Crippen LogP contribution < -0.4 is 10.6 Å². The van der Waals surface area contributed by atoms with Gasteiger partial charge in [-0.05, 0) is 49.1 Å². The zero-order valence-electron chi connectivity index (χ0n) is 23.1. The molecular formula is C31H27N7O5. The first-order valence-corrected chi connectivity index (χ1v) is 14.3. The predicted octanol–water partition coefficient (Wildman–Crippen LogP) is 2.48. The van der Waals surface area contributed by atoms with Crippen LogP contribution >= 0.6 is 0 Å². The lowest BCUT2D eigenvalue weighted by Gasteiger charge is -2.27. The van der Waals surface area contributed by atoms with Gasteiger partial charge in [0.2, 0.25) is 17.7 Å². The largest absolute Gasteiger partial charge is 0.352 e. The number of nitrogens with zero attached hydrogens (tertiary/aromatic N) is 5. The van der Waals surface area contributed by atoms with Gasteiger partial charge in [-0.2, -0.15) is 5.10 Å². The molecule has 1 saturated carbocycles. The number of amides is 5. The number of carbonyl (C=O) groups is 5. The molecule has 0 radical (unpaired) electrons. The summed E-state index contributed by atoms with van der Waals surface area (Å²) in [6, 6.07) is 11.5. The zero-order chi connectivity index (χ0) is 29.7. The van der Waals surface area contributed by atoms with Gasteiger partial charge in [0.05, 0.1) is 39.7 Å². The second-order valence-electron chi connectivity index (χ2n) is 11.1. The van der Waals surface area contributed by atoms with Gasteiger partial charge in [0, 0.05) is 43.6 Å². The first-order valence-electron chi connectivity index (χ1n) is 14.3. The molecule has 2 aliphatic heterocycles. The Morgan fingerprint density at radius 1 is 0.953 bits per heavy atom. The lowest BCUT2D eigenvalue weighted by molar-refractivity contribution is -0.136. The Morgan fingerprint density at radius 3 is 2.53 bits per heavy atom. The van der Waals surface area contributed by atoms with Crippen molar-refractivity contribution in [3.63, 3.8) is 0 Å². The van der Waals surface area contributed by atoms with Gasteiger partial charge in [-0.3, -0.25) is 43.9 Å². The number of imide groups is 2. The molecule has 4 aromatic rings. The second kappa shape index (κ2) is 10.5. The highest BCUT2D eigenvalue weighted by molar-refractivity contribution is 6.23. The molecular weight excluding hydrogens is 550 g/mol. The second-order valence-corrected chi connectivity index (χ2v) is 11.1. The molecule has 12 heteroatoms. The van der Waals surface area contributed by atoms with Crippen molar-refractivity contribution in [3.05, 3.63) is 77.2 Å². The number of benzene rings is 2. The van der Waals surface area contributed by atoms with E-state index in [0.717, 1.165) is 45.7 Å². The molecule has 4 heterocycles. The highest BCUT2D eigenvalue weighted by Crippen LogP contribution is 2.43. The Hall–Kier alpha value is -5.26. The van der Waals surface area contributed by atoms with Crippen molar-refractivity contribution >= 4 is 40.6 Å². The highest BCUT2D eigenvalue weighted by atomic mass is 16.2. The summed E-state index contributed by atoms with van der Waals surface area (Å²) in [7, 11) is 0. The smallest absolute Gasteiger partial charge is 0.262 e. The van der Waals surface area contributed by atoms with Crippen LogP contribution in [0, 0.1) is 0 Å². The maximum atomic E-state index is 13.1. The van der Waals surface area contributed by atoms with E-state index in [9.17, 15) is 24.0 Å². The number of nitrogens with one attached hydrogen (secondary N) is 2. The summed E-state index contributed by atoms with van der Waals surface area (Å²) in [6.45, 7) is 0.543. The van der Waals surface area contributed by atoms with Crippen molar-refractivity contribution in [1.29, 1.82) is 0 Å². The lowest BCUT2D eigenvalue weighted by atomic mass is 10.0. The van der Waals surface area contributed by atoms with Crippen LogP contribution in [0.5, 0.6) is 0 Å². The van der Waals surface area contributed by atoms with Crippen molar-refractivity contribution < 1.29 is 24.0 Å². The molecule has 43 heavy (non-hydrogen) atoms. The van der Waals surface area contributed by atoms with Crippen LogP contribution in [0.1, 0.15) is 70.0 Å². The molecule has 7 rings (SSSR count). The van der Waals surface area contributed by atoms with Crippen LogP contribution in [0.25, 0.3) is 22.3 Å². The Labute approximate surface area is 245 Å². The van der Waals surface area contributed by atoms with E-state index in [2.05, 4.69) is 15.6 Å². The van der Waals surface area contributed by atoms with Gasteiger partial charge in [-0.1, -0.05) is 18.2 Å². The van der Waals surface area contributed by atoms with Crippen LogP contribution in [0.2, 0.25) is 0 Å². The lowest BCUT2D eigenvalue weighted by Crippen LogP contribution is -2.54. The zero-order valence-corrected chi connectivity index (χ0v) is 23.1. The summed E-state index contributed by atoms with van der Waals surface area (Å²) in [5, 5.41) is 9.83. The molecule has 1 unspecified atom stereocenters. The van der Waals surface area contributed by atoms with Gasteiger partial charge in [0.15, 0.2) is 0 Å². The van der Waals surface area contributed by atoms with Gasteiger partial charge >= 0.3 is 0 Å². The van der Waals surface area contributed by atoms with E-state index >= 15 is 0 Å². The number of aryl methyl sites for hydroxylation is 1. The van der Waals surface area contributed by atoms with E-state index in [1.54, 1.807) is 23.0 Å². The normalized spacial score (nSPS) is 18.2. The Balaban J connectivity index is 0.991. The molecule has 1 atom stereocenters. The highest BCUT2D eigenvalue weighted by Gasteiger charge is 2.44. The predicted molar refractivity (Wildman–Crippen MR) is 152 cm³/mol. The molecule has 2 fully saturated rings. The number of para-hydroxylation sites is 2. The summed E-state index contributed by atoms with van der Waals surface area (Å²) in [6.07, 6.45) is 6.19. The molecule has 0 bridgehead atoms. The third-order valence-corrected chi connectivity index (χ3v) is 8.04. The molecule has 5 amide bonds. The van der Waals surface area contributed by atoms with Crippen molar-refractivity contribution in [3.8, 4) is 11.3 Å². The minimum atomic E-state index is -1.02. The van der Waals surface area contributed by atoms with Gasteiger partial charge in [-0.25, -0.2) is 4.98 Å². The van der Waals surface area contributed by atoms with E-state index in [1.807, 2.05) is 30.5 Å². The summed E-state index contributed by atoms with van der Waals surface area (Å²) >= 11 is 0. The molecule has 0 spiro atoms. The minimum absolute atomic E-state index is 0.0559. The van der Waals surface area contributed by atoms with E-state index in [4.69, 9.17) is 10.1 Å². The van der Waals surface area contributed by atoms with E-state index < -0.39 is 29.7 Å². The van der Waals surface area contributed by atoms with Crippen LogP contribution in [0.3, 0.4) is 0 Å². The average Bonchev–Trinajstić information content (AvgIpc) is 3.72. The standard InChI is InChI=1S/C31H27N7O5/c39-26(11-12-37-16-21(28(36-37)18-6-7-18)24-15-32-22-3-1-2-4-23(22)34-24)33-14-17-5-8-19-20(13-17)31(43)38(30(19)42)25-9-10-27(40)35-29(25)41/h1-5,8,13,15-16,18,25H,6-7,9-12,14H2,(H,33,39)(H,35,40,41). The minimum Gasteiger partial charge on any atom is -0.352 e. The monoisotopic (exact) mass is 577 g/mol. The fourth-order valence-corrected chi connectivity index (χ4v) is 5.63. The first-order chi connectivity index (χ1) is 20.9. The summed E-state index contributed by atoms with van der Waals surface area (Å²) in [5.74, 6) is -2.03. The molecule has 12 nitrogen and oxygen atoms in total. The van der Waals surface area contributed by atoms with Crippen LogP contribution in [-0.4, -0.2) is 60.2 Å². The topological polar surface area (TPSA) is 156 Å². The summed E-state index contributed by atoms with van der Waals surface area (Å²) in [5.41, 5.74) is 5.34. The first kappa shape index (κ1) is 26.6. The van der Waals surface area contributed by atoms with Crippen LogP contribution in [0.15, 0.2) is 54.9 Å². The molecule has 3 aliphatic rings. The number of aromatic nitrogens is 4. The Bertz CT molecular complexity index is 1840. The maximum absolute atomic E-state index is 13.1. The van der Waals surface area contributed by atoms with Crippen molar-refractivity contribution in [1.82, 2.24) is 35.3 Å². The molecule has 2 aromatic carbocycles. The SMILES string of the molecule is O=C(CCn1cc(-c2cnc3ccccc3n2)c(C2CC2)n1)NCc1ccc2c(c1)C(=O)N(C1CCC(=O)NC1=O)C2=O. The molecule has 216 valence electrons. The number of rotatable bonds is 8.